The average molecular weight is 496 g/mol. The Balaban J connectivity index is 2.02. The predicted molar refractivity (Wildman–Crippen MR) is 141 cm³/mol. The second kappa shape index (κ2) is 11.1. The van der Waals surface area contributed by atoms with Crippen molar-refractivity contribution in [3.05, 3.63) is 76.8 Å². The number of hydrogen-bond acceptors (Lipinski definition) is 5. The van der Waals surface area contributed by atoms with Gasteiger partial charge in [0.2, 0.25) is 0 Å². The maximum atomic E-state index is 12.6. The highest BCUT2D eigenvalue weighted by Crippen LogP contribution is 2.40. The molecule has 0 spiro atoms. The van der Waals surface area contributed by atoms with Gasteiger partial charge in [-0.15, -0.1) is 0 Å². The Hall–Kier alpha value is -3.85. The van der Waals surface area contributed by atoms with Gasteiger partial charge in [0.25, 0.3) is 5.69 Å². The zero-order valence-electron chi connectivity index (χ0n) is 20.3. The molecule has 3 aromatic rings. The number of nitrogens with zero attached hydrogens (tertiary/aromatic N) is 1. The zero-order chi connectivity index (χ0) is 25.6. The molecule has 1 atom stereocenters. The Kier molecular flexibility index (Phi) is 8.14. The van der Waals surface area contributed by atoms with E-state index in [0.29, 0.717) is 16.4 Å². The Morgan fingerprint density at radius 2 is 1.71 bits per heavy atom. The van der Waals surface area contributed by atoms with Gasteiger partial charge in [0.1, 0.15) is 17.2 Å². The first-order valence-corrected chi connectivity index (χ1v) is 12.2. The molecular weight excluding hydrogens is 466 g/mol. The minimum Gasteiger partial charge on any atom is -0.497 e. The van der Waals surface area contributed by atoms with Crippen molar-refractivity contribution >= 4 is 27.8 Å². The summed E-state index contributed by atoms with van der Waals surface area (Å²) in [6.45, 7) is 7.41. The molecule has 0 aliphatic rings. The minimum absolute atomic E-state index is 0.0897. The van der Waals surface area contributed by atoms with E-state index >= 15 is 0 Å². The van der Waals surface area contributed by atoms with Gasteiger partial charge in [0, 0.05) is 23.2 Å². The number of carbonyl (C=O) groups excluding carboxylic acids is 1. The van der Waals surface area contributed by atoms with E-state index in [4.69, 9.17) is 9.47 Å². The molecule has 0 aromatic heterocycles. The van der Waals surface area contributed by atoms with Gasteiger partial charge in [-0.05, 0) is 62.9 Å². The van der Waals surface area contributed by atoms with Crippen LogP contribution in [0.4, 0.5) is 10.5 Å². The van der Waals surface area contributed by atoms with Crippen molar-refractivity contribution in [3.63, 3.8) is 0 Å². The van der Waals surface area contributed by atoms with E-state index in [1.807, 2.05) is 69.3 Å². The van der Waals surface area contributed by atoms with Gasteiger partial charge < -0.3 is 14.8 Å². The van der Waals surface area contributed by atoms with Crippen LogP contribution < -0.4 is 19.5 Å². The van der Waals surface area contributed by atoms with Crippen LogP contribution in [0.3, 0.4) is 0 Å². The maximum Gasteiger partial charge on any atom is 0.325 e. The molecule has 0 heterocycles. The fourth-order valence-corrected chi connectivity index (χ4v) is 4.56. The van der Waals surface area contributed by atoms with Crippen molar-refractivity contribution in [2.75, 3.05) is 7.11 Å². The molecule has 0 saturated carbocycles. The highest BCUT2D eigenvalue weighted by atomic mass is 32.2. The zero-order valence-corrected chi connectivity index (χ0v) is 21.1. The minimum atomic E-state index is -0.960. The van der Waals surface area contributed by atoms with Gasteiger partial charge in [-0.1, -0.05) is 41.0 Å². The number of methoxy groups -OCH3 is 1. The monoisotopic (exact) mass is 495 g/mol. The molecule has 0 aliphatic carbocycles. The van der Waals surface area contributed by atoms with Gasteiger partial charge in [-0.2, -0.15) is 0 Å². The summed E-state index contributed by atoms with van der Waals surface area (Å²) in [5, 5.41) is 16.1. The van der Waals surface area contributed by atoms with Gasteiger partial charge in [0.05, 0.1) is 16.9 Å². The van der Waals surface area contributed by atoms with E-state index in [9.17, 15) is 14.9 Å². The lowest BCUT2D eigenvalue weighted by Gasteiger charge is -2.22. The fraction of sp³-hybridized carbons (Fsp3) is 0.231. The molecule has 184 valence electrons. The van der Waals surface area contributed by atoms with Crippen LogP contribution in [0.2, 0.25) is 0 Å². The molecule has 9 heteroatoms. The number of urea groups is 1. The topological polar surface area (TPSA) is 103 Å². The largest absolute Gasteiger partial charge is 0.497 e. The predicted octanol–water partition coefficient (Wildman–Crippen LogP) is 6.53. The van der Waals surface area contributed by atoms with Crippen molar-refractivity contribution in [2.24, 2.45) is 0 Å². The summed E-state index contributed by atoms with van der Waals surface area (Å²) in [6, 6.07) is 19.1. The van der Waals surface area contributed by atoms with Crippen LogP contribution in [0.25, 0.3) is 11.1 Å². The Bertz CT molecular complexity index is 1250. The SMILES string of the molecule is CC=S(NC(=O)NC(C)(C)C)c1cc([N+](=O)[O-])ccc1Oc1ccccc1-c1ccc(OC)cc1. The third-order valence-corrected chi connectivity index (χ3v) is 6.48. The molecule has 2 N–H and O–H groups in total. The summed E-state index contributed by atoms with van der Waals surface area (Å²) >= 11 is 0. The van der Waals surface area contributed by atoms with Crippen LogP contribution in [0.5, 0.6) is 17.2 Å². The van der Waals surface area contributed by atoms with Crippen molar-refractivity contribution in [1.82, 2.24) is 10.0 Å². The van der Waals surface area contributed by atoms with Crippen LogP contribution >= 0.6 is 10.7 Å². The third kappa shape index (κ3) is 6.83. The lowest BCUT2D eigenvalue weighted by atomic mass is 10.0. The number of hydrogen-bond donors (Lipinski definition) is 2. The molecule has 3 aromatic carbocycles. The number of non-ortho nitro benzene ring substituents is 1. The summed E-state index contributed by atoms with van der Waals surface area (Å²) in [4.78, 5) is 24.1. The molecule has 35 heavy (non-hydrogen) atoms. The molecule has 0 bridgehead atoms. The second-order valence-electron chi connectivity index (χ2n) is 8.59. The van der Waals surface area contributed by atoms with E-state index in [1.54, 1.807) is 25.5 Å². The van der Waals surface area contributed by atoms with Crippen molar-refractivity contribution in [3.8, 4) is 28.4 Å². The first-order chi connectivity index (χ1) is 16.6. The second-order valence-corrected chi connectivity index (χ2v) is 10.4. The maximum absolute atomic E-state index is 12.6. The summed E-state index contributed by atoms with van der Waals surface area (Å²) in [5.41, 5.74) is 1.24. The number of ether oxygens (including phenoxy) is 2. The summed E-state index contributed by atoms with van der Waals surface area (Å²) in [5.74, 6) is 1.73. The molecule has 0 radical (unpaired) electrons. The van der Waals surface area contributed by atoms with E-state index in [-0.39, 0.29) is 11.7 Å². The average Bonchev–Trinajstić information content (AvgIpc) is 2.82. The highest BCUT2D eigenvalue weighted by molar-refractivity contribution is 8.13. The van der Waals surface area contributed by atoms with E-state index in [1.165, 1.54) is 12.1 Å². The van der Waals surface area contributed by atoms with E-state index < -0.39 is 21.1 Å². The number of nitrogens with one attached hydrogen (secondary N) is 2. The normalized spacial score (nSPS) is 12.0. The number of nitro groups is 1. The molecule has 2 amide bonds. The van der Waals surface area contributed by atoms with Crippen molar-refractivity contribution in [2.45, 2.75) is 38.1 Å². The highest BCUT2D eigenvalue weighted by Gasteiger charge is 2.20. The molecule has 0 saturated heterocycles. The van der Waals surface area contributed by atoms with Gasteiger partial charge in [0.15, 0.2) is 0 Å². The van der Waals surface area contributed by atoms with Crippen LogP contribution in [0, 0.1) is 10.1 Å². The number of carbonyl (C=O) groups is 1. The molecule has 1 unspecified atom stereocenters. The van der Waals surface area contributed by atoms with Crippen molar-refractivity contribution in [1.29, 1.82) is 0 Å². The van der Waals surface area contributed by atoms with Gasteiger partial charge >= 0.3 is 6.03 Å². The number of nitro benzene ring substituents is 1. The summed E-state index contributed by atoms with van der Waals surface area (Å²) in [6.07, 6.45) is 0. The van der Waals surface area contributed by atoms with Crippen LogP contribution in [0.1, 0.15) is 27.7 Å². The van der Waals surface area contributed by atoms with Crippen LogP contribution in [-0.2, 0) is 0 Å². The Morgan fingerprint density at radius 3 is 2.31 bits per heavy atom. The summed E-state index contributed by atoms with van der Waals surface area (Å²) < 4.78 is 14.5. The molecule has 8 nitrogen and oxygen atoms in total. The first-order valence-electron chi connectivity index (χ1n) is 10.9. The number of benzene rings is 3. The van der Waals surface area contributed by atoms with Gasteiger partial charge in [-0.25, -0.2) is 4.79 Å². The number of rotatable bonds is 7. The lowest BCUT2D eigenvalue weighted by molar-refractivity contribution is -0.385. The Morgan fingerprint density at radius 1 is 1.03 bits per heavy atom. The fourth-order valence-electron chi connectivity index (χ4n) is 3.26. The standard InChI is InChI=1S/C26H29N3O5S/c1-6-35(28-25(30)27-26(2,3)4)24-17-19(29(31)32)13-16-23(24)34-22-10-8-7-9-21(22)18-11-14-20(33-5)15-12-18/h6-17H,1-5H3,(H2,27,28,30). The smallest absolute Gasteiger partial charge is 0.325 e. The summed E-state index contributed by atoms with van der Waals surface area (Å²) in [7, 11) is 0.651. The number of para-hydroxylation sites is 1. The molecular formula is C26H29N3O5S. The van der Waals surface area contributed by atoms with Crippen LogP contribution in [0.15, 0.2) is 71.6 Å². The van der Waals surface area contributed by atoms with Crippen molar-refractivity contribution < 1.29 is 19.2 Å². The third-order valence-electron chi connectivity index (χ3n) is 4.81. The van der Waals surface area contributed by atoms with Crippen LogP contribution in [-0.4, -0.2) is 29.0 Å². The number of amides is 2. The van der Waals surface area contributed by atoms with E-state index in [2.05, 4.69) is 10.0 Å². The first kappa shape index (κ1) is 25.8. The van der Waals surface area contributed by atoms with Gasteiger partial charge in [-0.3, -0.25) is 14.8 Å². The molecule has 0 fully saturated rings. The Labute approximate surface area is 207 Å². The molecule has 0 aliphatic heterocycles. The quantitative estimate of drug-likeness (QED) is 0.220. The molecule has 3 rings (SSSR count). The lowest BCUT2D eigenvalue weighted by Crippen LogP contribution is -2.44. The van der Waals surface area contributed by atoms with E-state index in [0.717, 1.165) is 16.9 Å².